The van der Waals surface area contributed by atoms with Gasteiger partial charge in [-0.05, 0) is 36.2 Å². The van der Waals surface area contributed by atoms with Crippen LogP contribution in [0.4, 0.5) is 13.2 Å². The standard InChI is InChI=1S/C24H20F3N3O2/c25-17-5-3-15(4-6-17)23-20(26)10-18(11-21(23)27)30-24(22-2-1-9-32-22)16(12-28-30)13-29-8-7-19(31)14-29/h1-6,9-12,19,31H,7-8,13-14H2. The van der Waals surface area contributed by atoms with Gasteiger partial charge in [0.1, 0.15) is 23.1 Å². The SMILES string of the molecule is OC1CCN(Cc2cnn(-c3cc(F)c(-c4ccc(F)cc4)c(F)c3)c2-c2ccco2)C1. The number of furan rings is 1. The average Bonchev–Trinajstić information content (AvgIpc) is 3.50. The highest BCUT2D eigenvalue weighted by Crippen LogP contribution is 2.32. The van der Waals surface area contributed by atoms with E-state index in [1.807, 2.05) is 0 Å². The second-order valence-corrected chi connectivity index (χ2v) is 7.88. The van der Waals surface area contributed by atoms with Gasteiger partial charge in [0.25, 0.3) is 0 Å². The van der Waals surface area contributed by atoms with Gasteiger partial charge in [0.2, 0.25) is 0 Å². The summed E-state index contributed by atoms with van der Waals surface area (Å²) in [5.41, 5.74) is 1.62. The highest BCUT2D eigenvalue weighted by Gasteiger charge is 2.25. The van der Waals surface area contributed by atoms with Crippen molar-refractivity contribution in [2.24, 2.45) is 0 Å². The molecule has 2 aromatic heterocycles. The van der Waals surface area contributed by atoms with Crippen LogP contribution in [0.15, 0.2) is 65.4 Å². The quantitative estimate of drug-likeness (QED) is 0.486. The molecule has 5 nitrogen and oxygen atoms in total. The predicted octanol–water partition coefficient (Wildman–Crippen LogP) is 4.78. The van der Waals surface area contributed by atoms with Crippen molar-refractivity contribution < 1.29 is 22.7 Å². The van der Waals surface area contributed by atoms with Crippen molar-refractivity contribution in [2.45, 2.75) is 19.1 Å². The van der Waals surface area contributed by atoms with E-state index in [2.05, 4.69) is 10.00 Å². The molecular formula is C24H20F3N3O2. The van der Waals surface area contributed by atoms with Crippen LogP contribution in [-0.4, -0.2) is 39.0 Å². The van der Waals surface area contributed by atoms with Gasteiger partial charge in [-0.3, -0.25) is 4.90 Å². The topological polar surface area (TPSA) is 54.4 Å². The molecule has 0 radical (unpaired) electrons. The zero-order chi connectivity index (χ0) is 22.2. The second kappa shape index (κ2) is 8.29. The van der Waals surface area contributed by atoms with Gasteiger partial charge in [0, 0.05) is 37.3 Å². The first-order valence-electron chi connectivity index (χ1n) is 10.3. The van der Waals surface area contributed by atoms with Crippen molar-refractivity contribution in [3.05, 3.63) is 84.0 Å². The molecule has 1 N–H and O–H groups in total. The third-order valence-electron chi connectivity index (χ3n) is 5.65. The smallest absolute Gasteiger partial charge is 0.152 e. The minimum atomic E-state index is -0.781. The average molecular weight is 439 g/mol. The Morgan fingerprint density at radius 1 is 1.06 bits per heavy atom. The summed E-state index contributed by atoms with van der Waals surface area (Å²) in [6.07, 6.45) is 3.51. The van der Waals surface area contributed by atoms with Crippen LogP contribution in [-0.2, 0) is 6.54 Å². The summed E-state index contributed by atoms with van der Waals surface area (Å²) in [7, 11) is 0. The summed E-state index contributed by atoms with van der Waals surface area (Å²) in [5.74, 6) is -1.53. The fourth-order valence-electron chi connectivity index (χ4n) is 4.14. The molecule has 1 saturated heterocycles. The number of likely N-dealkylation sites (tertiary alicyclic amines) is 1. The normalized spacial score (nSPS) is 16.7. The number of β-amino-alcohol motifs (C(OH)–C–C–N with tert-alkyl or cyclic N) is 1. The fourth-order valence-corrected chi connectivity index (χ4v) is 4.14. The van der Waals surface area contributed by atoms with E-state index in [4.69, 9.17) is 4.42 Å². The molecule has 4 aromatic rings. The number of halogens is 3. The van der Waals surface area contributed by atoms with Gasteiger partial charge in [-0.2, -0.15) is 5.10 Å². The Labute approximate surface area is 182 Å². The second-order valence-electron chi connectivity index (χ2n) is 7.88. The highest BCUT2D eigenvalue weighted by molar-refractivity contribution is 5.67. The maximum Gasteiger partial charge on any atom is 0.152 e. The van der Waals surface area contributed by atoms with Gasteiger partial charge in [0.05, 0.1) is 29.8 Å². The number of nitrogens with zero attached hydrogens (tertiary/aromatic N) is 3. The zero-order valence-electron chi connectivity index (χ0n) is 17.0. The Kier molecular flexibility index (Phi) is 5.32. The Morgan fingerprint density at radius 2 is 1.81 bits per heavy atom. The molecule has 5 rings (SSSR count). The number of hydrogen-bond donors (Lipinski definition) is 1. The summed E-state index contributed by atoms with van der Waals surface area (Å²) in [4.78, 5) is 2.09. The third-order valence-corrected chi connectivity index (χ3v) is 5.65. The number of benzene rings is 2. The van der Waals surface area contributed by atoms with Crippen LogP contribution >= 0.6 is 0 Å². The van der Waals surface area contributed by atoms with Gasteiger partial charge in [0.15, 0.2) is 5.76 Å². The molecule has 0 saturated carbocycles. The summed E-state index contributed by atoms with van der Waals surface area (Å²) in [6, 6.07) is 10.9. The number of aliphatic hydroxyl groups excluding tert-OH is 1. The summed E-state index contributed by atoms with van der Waals surface area (Å²) in [6.45, 7) is 1.82. The van der Waals surface area contributed by atoms with Gasteiger partial charge in [-0.15, -0.1) is 0 Å². The Morgan fingerprint density at radius 3 is 2.44 bits per heavy atom. The van der Waals surface area contributed by atoms with Crippen LogP contribution in [0.3, 0.4) is 0 Å². The number of hydrogen-bond acceptors (Lipinski definition) is 4. The van der Waals surface area contributed by atoms with Crippen LogP contribution in [0.2, 0.25) is 0 Å². The van der Waals surface area contributed by atoms with E-state index in [-0.39, 0.29) is 22.9 Å². The molecule has 0 aliphatic carbocycles. The molecule has 1 aliphatic rings. The third kappa shape index (κ3) is 3.83. The molecule has 2 aromatic carbocycles. The largest absolute Gasteiger partial charge is 0.463 e. The van der Waals surface area contributed by atoms with E-state index >= 15 is 8.78 Å². The molecule has 0 spiro atoms. The van der Waals surface area contributed by atoms with E-state index in [9.17, 15) is 9.50 Å². The molecule has 3 heterocycles. The maximum absolute atomic E-state index is 15.0. The lowest BCUT2D eigenvalue weighted by Gasteiger charge is -2.15. The van der Waals surface area contributed by atoms with Gasteiger partial charge in [-0.25, -0.2) is 17.9 Å². The van der Waals surface area contributed by atoms with Crippen LogP contribution in [0.5, 0.6) is 0 Å². The van der Waals surface area contributed by atoms with Crippen molar-refractivity contribution in [1.82, 2.24) is 14.7 Å². The fraction of sp³-hybridized carbons (Fsp3) is 0.208. The minimum absolute atomic E-state index is 0.199. The highest BCUT2D eigenvalue weighted by atomic mass is 19.1. The lowest BCUT2D eigenvalue weighted by Crippen LogP contribution is -2.21. The maximum atomic E-state index is 15.0. The van der Waals surface area contributed by atoms with Crippen molar-refractivity contribution in [3.63, 3.8) is 0 Å². The molecular weight excluding hydrogens is 419 g/mol. The van der Waals surface area contributed by atoms with E-state index in [0.717, 1.165) is 24.2 Å². The molecule has 1 unspecified atom stereocenters. The minimum Gasteiger partial charge on any atom is -0.463 e. The van der Waals surface area contributed by atoms with Crippen molar-refractivity contribution in [3.8, 4) is 28.3 Å². The molecule has 0 amide bonds. The van der Waals surface area contributed by atoms with Gasteiger partial charge in [-0.1, -0.05) is 12.1 Å². The molecule has 1 aliphatic heterocycles. The van der Waals surface area contributed by atoms with Crippen molar-refractivity contribution in [1.29, 1.82) is 0 Å². The van der Waals surface area contributed by atoms with Gasteiger partial charge < -0.3 is 9.52 Å². The van der Waals surface area contributed by atoms with E-state index in [1.54, 1.807) is 18.3 Å². The molecule has 164 valence electrons. The molecule has 1 fully saturated rings. The van der Waals surface area contributed by atoms with Crippen LogP contribution in [0.25, 0.3) is 28.3 Å². The molecule has 0 bridgehead atoms. The van der Waals surface area contributed by atoms with Crippen molar-refractivity contribution in [2.75, 3.05) is 13.1 Å². The van der Waals surface area contributed by atoms with Crippen LogP contribution < -0.4 is 0 Å². The zero-order valence-corrected chi connectivity index (χ0v) is 17.0. The Balaban J connectivity index is 1.56. The van der Waals surface area contributed by atoms with E-state index in [0.29, 0.717) is 31.0 Å². The lowest BCUT2D eigenvalue weighted by atomic mass is 10.0. The predicted molar refractivity (Wildman–Crippen MR) is 112 cm³/mol. The number of aromatic nitrogens is 2. The number of aliphatic hydroxyl groups is 1. The van der Waals surface area contributed by atoms with Crippen LogP contribution in [0.1, 0.15) is 12.0 Å². The summed E-state index contributed by atoms with van der Waals surface area (Å²) in [5, 5.41) is 14.2. The van der Waals surface area contributed by atoms with E-state index in [1.165, 1.54) is 35.2 Å². The van der Waals surface area contributed by atoms with E-state index < -0.39 is 17.5 Å². The van der Waals surface area contributed by atoms with Gasteiger partial charge >= 0.3 is 0 Å². The monoisotopic (exact) mass is 439 g/mol. The first-order chi connectivity index (χ1) is 15.5. The summed E-state index contributed by atoms with van der Waals surface area (Å²) >= 11 is 0. The molecule has 1 atom stereocenters. The Bertz CT molecular complexity index is 1210. The first kappa shape index (κ1) is 20.5. The Hall–Kier alpha value is -3.36. The lowest BCUT2D eigenvalue weighted by molar-refractivity contribution is 0.175. The first-order valence-corrected chi connectivity index (χ1v) is 10.3. The van der Waals surface area contributed by atoms with Crippen molar-refractivity contribution >= 4 is 0 Å². The molecule has 8 heteroatoms. The number of rotatable bonds is 5. The molecule has 32 heavy (non-hydrogen) atoms. The van der Waals surface area contributed by atoms with Crippen LogP contribution in [0, 0.1) is 17.5 Å². The summed E-state index contributed by atoms with van der Waals surface area (Å²) < 4.78 is 50.2.